The number of methoxy groups -OCH3 is 1. The van der Waals surface area contributed by atoms with Gasteiger partial charge in [-0.3, -0.25) is 14.4 Å². The van der Waals surface area contributed by atoms with Gasteiger partial charge < -0.3 is 20.7 Å². The van der Waals surface area contributed by atoms with Gasteiger partial charge in [0, 0.05) is 32.7 Å². The first kappa shape index (κ1) is 33.2. The lowest BCUT2D eigenvalue weighted by Crippen LogP contribution is -2.30. The molecule has 47 heavy (non-hydrogen) atoms. The molecule has 10 heteroatoms. The van der Waals surface area contributed by atoms with E-state index in [-0.39, 0.29) is 16.9 Å². The van der Waals surface area contributed by atoms with Crippen LogP contribution in [0.25, 0.3) is 17.3 Å². The summed E-state index contributed by atoms with van der Waals surface area (Å²) in [5.74, 6) is -0.532. The molecule has 1 unspecified atom stereocenters. The zero-order chi connectivity index (χ0) is 33.2. The van der Waals surface area contributed by atoms with E-state index >= 15 is 0 Å². The number of anilines is 2. The minimum atomic E-state index is -0.514. The van der Waals surface area contributed by atoms with Crippen LogP contribution in [-0.2, 0) is 9.59 Å². The fourth-order valence-corrected chi connectivity index (χ4v) is 6.33. The normalized spacial score (nSPS) is 11.8. The van der Waals surface area contributed by atoms with Crippen LogP contribution in [0, 0.1) is 6.92 Å². The molecule has 0 aliphatic heterocycles. The van der Waals surface area contributed by atoms with E-state index in [0.29, 0.717) is 34.1 Å². The molecular weight excluding hydrogens is 629 g/mol. The predicted molar refractivity (Wildman–Crippen MR) is 191 cm³/mol. The van der Waals surface area contributed by atoms with Gasteiger partial charge in [0.25, 0.3) is 11.8 Å². The van der Waals surface area contributed by atoms with Gasteiger partial charge in [0.2, 0.25) is 5.91 Å². The lowest BCUT2D eigenvalue weighted by molar-refractivity contribution is -0.116. The third-order valence-corrected chi connectivity index (χ3v) is 9.20. The van der Waals surface area contributed by atoms with Gasteiger partial charge >= 0.3 is 0 Å². The molecule has 1 heterocycles. The number of thioether (sulfide) groups is 1. The molecule has 5 rings (SSSR count). The van der Waals surface area contributed by atoms with Crippen LogP contribution in [0.4, 0.5) is 10.8 Å². The van der Waals surface area contributed by atoms with Crippen molar-refractivity contribution in [3.63, 3.8) is 0 Å². The van der Waals surface area contributed by atoms with E-state index in [1.165, 1.54) is 28.7 Å². The minimum Gasteiger partial charge on any atom is -0.496 e. The Morgan fingerprint density at radius 1 is 0.915 bits per heavy atom. The van der Waals surface area contributed by atoms with Crippen molar-refractivity contribution in [1.29, 1.82) is 0 Å². The molecule has 0 saturated carbocycles. The first-order chi connectivity index (χ1) is 22.8. The van der Waals surface area contributed by atoms with Crippen molar-refractivity contribution >= 4 is 57.7 Å². The van der Waals surface area contributed by atoms with Crippen LogP contribution in [-0.4, -0.2) is 35.1 Å². The smallest absolute Gasteiger partial charge is 0.272 e. The maximum atomic E-state index is 13.6. The summed E-state index contributed by atoms with van der Waals surface area (Å²) in [6.45, 7) is 3.99. The predicted octanol–water partition coefficient (Wildman–Crippen LogP) is 8.05. The molecule has 0 bridgehead atoms. The number of carbonyl (C=O) groups is 3. The number of hydrogen-bond donors (Lipinski definition) is 3. The average molecular weight is 663 g/mol. The Morgan fingerprint density at radius 3 is 2.40 bits per heavy atom. The second-order valence-corrected chi connectivity index (χ2v) is 12.6. The molecule has 238 valence electrons. The summed E-state index contributed by atoms with van der Waals surface area (Å²) >= 11 is 2.78. The minimum absolute atomic E-state index is 0.0423. The Balaban J connectivity index is 1.29. The topological polar surface area (TPSA) is 109 Å². The second kappa shape index (κ2) is 15.9. The highest BCUT2D eigenvalue weighted by molar-refractivity contribution is 8.00. The largest absolute Gasteiger partial charge is 0.496 e. The van der Waals surface area contributed by atoms with Crippen molar-refractivity contribution in [2.75, 3.05) is 17.7 Å². The first-order valence-corrected chi connectivity index (χ1v) is 16.7. The van der Waals surface area contributed by atoms with E-state index in [2.05, 4.69) is 20.9 Å². The lowest BCUT2D eigenvalue weighted by Gasteiger charge is -2.15. The maximum Gasteiger partial charge on any atom is 0.272 e. The summed E-state index contributed by atoms with van der Waals surface area (Å²) < 4.78 is 5.45. The zero-order valence-electron chi connectivity index (χ0n) is 26.2. The van der Waals surface area contributed by atoms with Crippen LogP contribution >= 0.6 is 23.1 Å². The van der Waals surface area contributed by atoms with E-state index in [1.807, 2.05) is 73.8 Å². The van der Waals surface area contributed by atoms with Gasteiger partial charge in [-0.25, -0.2) is 4.98 Å². The van der Waals surface area contributed by atoms with Crippen molar-refractivity contribution in [2.24, 2.45) is 0 Å². The SMILES string of the molecule is CCC(Sc1cccc(NC(=O)/C(=C\c2ccccc2OC)NC(=O)c2ccccc2)c1)C(=O)Nc1nc(-c2ccc(C)cc2)cs1. The first-order valence-electron chi connectivity index (χ1n) is 15.0. The number of thiazole rings is 1. The number of hydrogen-bond acceptors (Lipinski definition) is 7. The molecule has 1 atom stereocenters. The Morgan fingerprint density at radius 2 is 1.66 bits per heavy atom. The average Bonchev–Trinajstić information content (AvgIpc) is 3.56. The lowest BCUT2D eigenvalue weighted by atomic mass is 10.1. The van der Waals surface area contributed by atoms with Crippen LogP contribution in [0.5, 0.6) is 5.75 Å². The fourth-order valence-electron chi connectivity index (χ4n) is 4.59. The van der Waals surface area contributed by atoms with Gasteiger partial charge in [-0.2, -0.15) is 0 Å². The van der Waals surface area contributed by atoms with Crippen LogP contribution in [0.2, 0.25) is 0 Å². The third-order valence-electron chi connectivity index (χ3n) is 7.08. The van der Waals surface area contributed by atoms with Crippen molar-refractivity contribution in [3.8, 4) is 17.0 Å². The molecule has 0 aliphatic rings. The monoisotopic (exact) mass is 662 g/mol. The number of carbonyl (C=O) groups excluding carboxylic acids is 3. The number of nitrogens with zero attached hydrogens (tertiary/aromatic N) is 1. The van der Waals surface area contributed by atoms with Crippen molar-refractivity contribution in [2.45, 2.75) is 30.4 Å². The fraction of sp³-hybridized carbons (Fsp3) is 0.135. The molecule has 4 aromatic carbocycles. The molecule has 0 fully saturated rings. The number of amides is 3. The Hall–Kier alpha value is -5.19. The van der Waals surface area contributed by atoms with Gasteiger partial charge in [-0.05, 0) is 55.8 Å². The van der Waals surface area contributed by atoms with Crippen molar-refractivity contribution in [1.82, 2.24) is 10.3 Å². The van der Waals surface area contributed by atoms with Crippen molar-refractivity contribution in [3.05, 3.63) is 131 Å². The summed E-state index contributed by atoms with van der Waals surface area (Å²) in [7, 11) is 1.54. The number of aryl methyl sites for hydroxylation is 1. The summed E-state index contributed by atoms with van der Waals surface area (Å²) in [5, 5.41) is 10.7. The van der Waals surface area contributed by atoms with Gasteiger partial charge in [0.05, 0.1) is 18.1 Å². The summed E-state index contributed by atoms with van der Waals surface area (Å²) in [6.07, 6.45) is 2.16. The highest BCUT2D eigenvalue weighted by Crippen LogP contribution is 2.30. The van der Waals surface area contributed by atoms with Crippen LogP contribution < -0.4 is 20.7 Å². The summed E-state index contributed by atoms with van der Waals surface area (Å²) in [5.41, 5.74) is 4.57. The quantitative estimate of drug-likeness (QED) is 0.0922. The summed E-state index contributed by atoms with van der Waals surface area (Å²) in [6, 6.07) is 31.2. The second-order valence-electron chi connectivity index (χ2n) is 10.5. The number of rotatable bonds is 12. The van der Waals surface area contributed by atoms with Crippen LogP contribution in [0.1, 0.15) is 34.8 Å². The van der Waals surface area contributed by atoms with E-state index < -0.39 is 11.8 Å². The van der Waals surface area contributed by atoms with Gasteiger partial charge in [-0.1, -0.05) is 79.2 Å². The molecule has 0 aliphatic carbocycles. The van der Waals surface area contributed by atoms with Gasteiger partial charge in [0.15, 0.2) is 5.13 Å². The van der Waals surface area contributed by atoms with E-state index in [1.54, 1.807) is 61.7 Å². The Labute approximate surface area is 282 Å². The highest BCUT2D eigenvalue weighted by atomic mass is 32.2. The Kier molecular flexibility index (Phi) is 11.2. The molecule has 3 N–H and O–H groups in total. The summed E-state index contributed by atoms with van der Waals surface area (Å²) in [4.78, 5) is 45.3. The number of para-hydroxylation sites is 1. The van der Waals surface area contributed by atoms with E-state index in [0.717, 1.165) is 16.2 Å². The van der Waals surface area contributed by atoms with Gasteiger partial charge in [-0.15, -0.1) is 23.1 Å². The maximum absolute atomic E-state index is 13.6. The molecule has 5 aromatic rings. The van der Waals surface area contributed by atoms with Crippen LogP contribution in [0.15, 0.2) is 119 Å². The van der Waals surface area contributed by atoms with E-state index in [9.17, 15) is 14.4 Å². The molecule has 0 radical (unpaired) electrons. The molecule has 0 saturated heterocycles. The third kappa shape index (κ3) is 8.96. The molecule has 3 amide bonds. The van der Waals surface area contributed by atoms with Crippen molar-refractivity contribution < 1.29 is 19.1 Å². The standard InChI is InChI=1S/C37H34N4O4S2/c1-4-33(36(44)41-37-40-31(23-46-37)25-19-17-24(2)18-20-25)47-29-15-10-14-28(22-29)38-35(43)30(21-27-13-8-9-16-32(27)45-3)39-34(42)26-11-6-5-7-12-26/h5-23,33H,4H2,1-3H3,(H,38,43)(H,39,42)(H,40,41,44)/b30-21+. The Bertz CT molecular complexity index is 1890. The van der Waals surface area contributed by atoms with Crippen LogP contribution in [0.3, 0.4) is 0 Å². The molecule has 0 spiro atoms. The highest BCUT2D eigenvalue weighted by Gasteiger charge is 2.21. The number of aromatic nitrogens is 1. The molecular formula is C37H34N4O4S2. The zero-order valence-corrected chi connectivity index (χ0v) is 27.8. The van der Waals surface area contributed by atoms with Gasteiger partial charge in [0.1, 0.15) is 11.4 Å². The molecule has 1 aromatic heterocycles. The number of nitrogens with one attached hydrogen (secondary N) is 3. The number of benzene rings is 4. The van der Waals surface area contributed by atoms with E-state index in [4.69, 9.17) is 4.74 Å². The number of ether oxygens (including phenoxy) is 1. The molecule has 8 nitrogen and oxygen atoms in total.